The Kier molecular flexibility index (Phi) is 6.54. The minimum atomic E-state index is -0.384. The second kappa shape index (κ2) is 9.50. The molecular formula is C20H18N6O2S3. The van der Waals surface area contributed by atoms with Gasteiger partial charge in [-0.1, -0.05) is 29.2 Å². The predicted octanol–water partition coefficient (Wildman–Crippen LogP) is 4.51. The van der Waals surface area contributed by atoms with E-state index in [-0.39, 0.29) is 11.6 Å². The molecule has 0 aliphatic heterocycles. The molecule has 3 aromatic heterocycles. The van der Waals surface area contributed by atoms with Crippen molar-refractivity contribution >= 4 is 57.4 Å². The van der Waals surface area contributed by atoms with Crippen molar-refractivity contribution in [3.63, 3.8) is 0 Å². The first-order chi connectivity index (χ1) is 15.0. The Hall–Kier alpha value is -2.89. The van der Waals surface area contributed by atoms with Gasteiger partial charge in [-0.2, -0.15) is 0 Å². The number of urea groups is 1. The Morgan fingerprint density at radius 3 is 2.87 bits per heavy atom. The molecule has 31 heavy (non-hydrogen) atoms. The van der Waals surface area contributed by atoms with E-state index < -0.39 is 0 Å². The topological polar surface area (TPSA) is 101 Å². The van der Waals surface area contributed by atoms with Gasteiger partial charge >= 0.3 is 6.03 Å². The lowest BCUT2D eigenvalue weighted by molar-refractivity contribution is 0.262. The number of hydrogen-bond acceptors (Lipinski definition) is 8. The third kappa shape index (κ3) is 5.43. The van der Waals surface area contributed by atoms with Crippen molar-refractivity contribution < 1.29 is 4.79 Å². The molecule has 8 nitrogen and oxygen atoms in total. The quantitative estimate of drug-likeness (QED) is 0.316. The fourth-order valence-electron chi connectivity index (χ4n) is 2.74. The van der Waals surface area contributed by atoms with Gasteiger partial charge in [-0.15, -0.1) is 22.0 Å². The van der Waals surface area contributed by atoms with Crippen LogP contribution in [0.25, 0.3) is 5.65 Å². The van der Waals surface area contributed by atoms with Crippen LogP contribution in [0.2, 0.25) is 0 Å². The fraction of sp³-hybridized carbons (Fsp3) is 0.150. The number of nitrogens with one attached hydrogen (secondary N) is 2. The maximum Gasteiger partial charge on any atom is 0.325 e. The number of benzene rings is 1. The molecule has 0 saturated heterocycles. The highest BCUT2D eigenvalue weighted by Gasteiger charge is 2.10. The van der Waals surface area contributed by atoms with Crippen molar-refractivity contribution in [1.29, 1.82) is 0 Å². The number of anilines is 2. The lowest BCUT2D eigenvalue weighted by Gasteiger charge is -2.06. The van der Waals surface area contributed by atoms with Crippen LogP contribution >= 0.6 is 34.9 Å². The van der Waals surface area contributed by atoms with Gasteiger partial charge < -0.3 is 5.32 Å². The van der Waals surface area contributed by atoms with E-state index in [1.807, 2.05) is 49.6 Å². The molecule has 0 bridgehead atoms. The average molecular weight is 471 g/mol. The zero-order valence-electron chi connectivity index (χ0n) is 16.7. The average Bonchev–Trinajstić information content (AvgIpc) is 3.19. The smallest absolute Gasteiger partial charge is 0.308 e. The van der Waals surface area contributed by atoms with Gasteiger partial charge in [0, 0.05) is 28.6 Å². The first kappa shape index (κ1) is 21.3. The van der Waals surface area contributed by atoms with Gasteiger partial charge in [-0.25, -0.2) is 9.78 Å². The van der Waals surface area contributed by atoms with Gasteiger partial charge in [0.1, 0.15) is 5.65 Å². The van der Waals surface area contributed by atoms with E-state index >= 15 is 0 Å². The van der Waals surface area contributed by atoms with Crippen molar-refractivity contribution in [2.24, 2.45) is 0 Å². The van der Waals surface area contributed by atoms with E-state index in [0.29, 0.717) is 32.3 Å². The molecule has 2 amide bonds. The summed E-state index contributed by atoms with van der Waals surface area (Å²) in [7, 11) is 0. The number of pyridine rings is 1. The SMILES string of the molecule is CSc1cccc(NC(=O)Nc2nnc(SCc3cc(=O)n4ccc(C)cc4n3)s2)c1. The molecule has 0 spiro atoms. The van der Waals surface area contributed by atoms with Gasteiger partial charge in [-0.3, -0.25) is 14.5 Å². The number of aryl methyl sites for hydroxylation is 1. The molecule has 0 radical (unpaired) electrons. The third-order valence-corrected chi connectivity index (χ3v) is 6.90. The number of aromatic nitrogens is 4. The van der Waals surface area contributed by atoms with Crippen LogP contribution in [-0.4, -0.2) is 31.9 Å². The molecule has 158 valence electrons. The van der Waals surface area contributed by atoms with E-state index in [2.05, 4.69) is 25.8 Å². The Bertz CT molecular complexity index is 1300. The summed E-state index contributed by atoms with van der Waals surface area (Å²) in [4.78, 5) is 30.1. The summed E-state index contributed by atoms with van der Waals surface area (Å²) in [5.74, 6) is 0.474. The number of fused-ring (bicyclic) bond motifs is 1. The molecule has 4 rings (SSSR count). The minimum Gasteiger partial charge on any atom is -0.308 e. The summed E-state index contributed by atoms with van der Waals surface area (Å²) in [6, 6.07) is 12.5. The van der Waals surface area contributed by atoms with Crippen molar-refractivity contribution in [3.05, 3.63) is 70.3 Å². The normalized spacial score (nSPS) is 10.9. The highest BCUT2D eigenvalue weighted by molar-refractivity contribution is 8.00. The molecule has 0 aliphatic carbocycles. The van der Waals surface area contributed by atoms with E-state index in [1.54, 1.807) is 18.0 Å². The highest BCUT2D eigenvalue weighted by Crippen LogP contribution is 2.28. The molecule has 11 heteroatoms. The van der Waals surface area contributed by atoms with Gasteiger partial charge in [0.15, 0.2) is 4.34 Å². The summed E-state index contributed by atoms with van der Waals surface area (Å²) in [6.07, 6.45) is 3.70. The molecule has 0 aliphatic rings. The van der Waals surface area contributed by atoms with E-state index in [4.69, 9.17) is 0 Å². The van der Waals surface area contributed by atoms with Crippen LogP contribution < -0.4 is 16.2 Å². The predicted molar refractivity (Wildman–Crippen MR) is 127 cm³/mol. The summed E-state index contributed by atoms with van der Waals surface area (Å²) < 4.78 is 2.19. The van der Waals surface area contributed by atoms with E-state index in [1.165, 1.54) is 33.6 Å². The zero-order chi connectivity index (χ0) is 21.8. The summed E-state index contributed by atoms with van der Waals surface area (Å²) >= 11 is 4.28. The second-order valence-electron chi connectivity index (χ2n) is 6.49. The lowest BCUT2D eigenvalue weighted by atomic mass is 10.3. The van der Waals surface area contributed by atoms with Crippen LogP contribution in [0.4, 0.5) is 15.6 Å². The van der Waals surface area contributed by atoms with Crippen molar-refractivity contribution in [3.8, 4) is 0 Å². The van der Waals surface area contributed by atoms with Crippen molar-refractivity contribution in [1.82, 2.24) is 19.6 Å². The van der Waals surface area contributed by atoms with Gasteiger partial charge in [-0.05, 0) is 49.1 Å². The minimum absolute atomic E-state index is 0.123. The Morgan fingerprint density at radius 1 is 1.16 bits per heavy atom. The molecule has 1 aromatic carbocycles. The van der Waals surface area contributed by atoms with Crippen LogP contribution in [-0.2, 0) is 5.75 Å². The maximum absolute atomic E-state index is 12.3. The summed E-state index contributed by atoms with van der Waals surface area (Å²) in [5, 5.41) is 14.0. The van der Waals surface area contributed by atoms with E-state index in [0.717, 1.165) is 10.5 Å². The number of thioether (sulfide) groups is 2. The van der Waals surface area contributed by atoms with Gasteiger partial charge in [0.2, 0.25) is 5.13 Å². The summed E-state index contributed by atoms with van der Waals surface area (Å²) in [5.41, 5.74) is 2.89. The maximum atomic E-state index is 12.3. The molecule has 0 atom stereocenters. The third-order valence-electron chi connectivity index (χ3n) is 4.17. The number of hydrogen-bond donors (Lipinski definition) is 2. The lowest BCUT2D eigenvalue weighted by Crippen LogP contribution is -2.19. The number of carbonyl (C=O) groups is 1. The first-order valence-corrected chi connectivity index (χ1v) is 12.2. The molecule has 2 N–H and O–H groups in total. The molecule has 4 aromatic rings. The number of carbonyl (C=O) groups excluding carboxylic acids is 1. The van der Waals surface area contributed by atoms with Gasteiger partial charge in [0.05, 0.1) is 5.69 Å². The van der Waals surface area contributed by atoms with Crippen LogP contribution in [0.3, 0.4) is 0 Å². The second-order valence-corrected chi connectivity index (χ2v) is 9.57. The molecular weight excluding hydrogens is 452 g/mol. The van der Waals surface area contributed by atoms with Crippen LogP contribution in [0, 0.1) is 6.92 Å². The van der Waals surface area contributed by atoms with Gasteiger partial charge in [0.25, 0.3) is 5.56 Å². The van der Waals surface area contributed by atoms with E-state index in [9.17, 15) is 9.59 Å². The largest absolute Gasteiger partial charge is 0.325 e. The zero-order valence-corrected chi connectivity index (χ0v) is 19.1. The Balaban J connectivity index is 1.37. The van der Waals surface area contributed by atoms with Crippen LogP contribution in [0.5, 0.6) is 0 Å². The Morgan fingerprint density at radius 2 is 2.03 bits per heavy atom. The summed E-state index contributed by atoms with van der Waals surface area (Å²) in [6.45, 7) is 1.96. The molecule has 0 saturated carbocycles. The van der Waals surface area contributed by atoms with Crippen LogP contribution in [0.1, 0.15) is 11.3 Å². The van der Waals surface area contributed by atoms with Crippen LogP contribution in [0.15, 0.2) is 62.7 Å². The first-order valence-electron chi connectivity index (χ1n) is 9.17. The number of rotatable bonds is 6. The van der Waals surface area contributed by atoms with Crippen molar-refractivity contribution in [2.75, 3.05) is 16.9 Å². The highest BCUT2D eigenvalue weighted by atomic mass is 32.2. The number of amides is 2. The van der Waals surface area contributed by atoms with Crippen molar-refractivity contribution in [2.45, 2.75) is 21.9 Å². The molecule has 0 fully saturated rings. The molecule has 3 heterocycles. The standard InChI is InChI=1S/C20H18N6O2S3/c1-12-6-7-26-16(8-12)21-14(10-17(26)27)11-30-20-25-24-19(31-20)23-18(28)22-13-4-3-5-15(9-13)29-2/h3-10H,11H2,1-2H3,(H2,22,23,24,28). The molecule has 0 unspecified atom stereocenters. The monoisotopic (exact) mass is 470 g/mol. The number of nitrogens with zero attached hydrogens (tertiary/aromatic N) is 4. The Labute approximate surface area is 190 Å². The fourth-order valence-corrected chi connectivity index (χ4v) is 4.84.